The number of fused-ring (bicyclic) bond motifs is 1. The van der Waals surface area contributed by atoms with Crippen molar-refractivity contribution in [2.75, 3.05) is 0 Å². The van der Waals surface area contributed by atoms with E-state index in [-0.39, 0.29) is 0 Å². The molecule has 0 radical (unpaired) electrons. The maximum atomic E-state index is 6.44. The van der Waals surface area contributed by atoms with Crippen LogP contribution in [0.3, 0.4) is 0 Å². The first-order valence-electron chi connectivity index (χ1n) is 6.16. The van der Waals surface area contributed by atoms with E-state index in [1.54, 1.807) is 0 Å². The quantitative estimate of drug-likeness (QED) is 0.509. The first kappa shape index (κ1) is 11.4. The Labute approximate surface area is 95.0 Å². The Morgan fingerprint density at radius 3 is 1.87 bits per heavy atom. The minimum absolute atomic E-state index is 0.349. The van der Waals surface area contributed by atoms with Gasteiger partial charge < -0.3 is 4.43 Å². The van der Waals surface area contributed by atoms with Crippen molar-refractivity contribution in [3.05, 3.63) is 12.2 Å². The summed E-state index contributed by atoms with van der Waals surface area (Å²) in [7, 11) is -1.53. The van der Waals surface area contributed by atoms with E-state index in [0.29, 0.717) is 11.1 Å². The van der Waals surface area contributed by atoms with Crippen LogP contribution in [0.5, 0.6) is 0 Å². The van der Waals surface area contributed by atoms with Crippen molar-refractivity contribution in [1.29, 1.82) is 0 Å². The summed E-state index contributed by atoms with van der Waals surface area (Å²) in [5.74, 6) is 1.69. The predicted molar refractivity (Wildman–Crippen MR) is 67.4 cm³/mol. The fourth-order valence-corrected chi connectivity index (χ4v) is 3.70. The highest BCUT2D eigenvalue weighted by Crippen LogP contribution is 2.45. The van der Waals surface area contributed by atoms with E-state index in [1.807, 2.05) is 0 Å². The van der Waals surface area contributed by atoms with E-state index in [2.05, 4.69) is 46.0 Å². The van der Waals surface area contributed by atoms with Crippen molar-refractivity contribution in [2.45, 2.75) is 57.8 Å². The van der Waals surface area contributed by atoms with Crippen LogP contribution in [0.1, 0.15) is 33.6 Å². The molecule has 0 spiro atoms. The summed E-state index contributed by atoms with van der Waals surface area (Å²) in [4.78, 5) is 0. The standard InChI is InChI=1S/C13H24OSi/c1-13(2,3)15(4,5)14-12-8-10-6-7-11(10)9-12/h6-7,10-12H,8-9H2,1-5H3/t10-,11+,12?. The lowest BCUT2D eigenvalue weighted by molar-refractivity contribution is 0.184. The summed E-state index contributed by atoms with van der Waals surface area (Å²) < 4.78 is 6.44. The van der Waals surface area contributed by atoms with Crippen LogP contribution < -0.4 is 0 Å². The van der Waals surface area contributed by atoms with Gasteiger partial charge in [-0.2, -0.15) is 0 Å². The van der Waals surface area contributed by atoms with Crippen molar-refractivity contribution in [1.82, 2.24) is 0 Å². The molecule has 3 atom stereocenters. The van der Waals surface area contributed by atoms with Gasteiger partial charge >= 0.3 is 0 Å². The molecule has 0 aliphatic heterocycles. The van der Waals surface area contributed by atoms with Gasteiger partial charge in [-0.1, -0.05) is 32.9 Å². The molecule has 86 valence electrons. The van der Waals surface area contributed by atoms with Gasteiger partial charge in [0.25, 0.3) is 0 Å². The van der Waals surface area contributed by atoms with Gasteiger partial charge in [0, 0.05) is 6.10 Å². The molecule has 0 heterocycles. The highest BCUT2D eigenvalue weighted by Gasteiger charge is 2.43. The van der Waals surface area contributed by atoms with E-state index in [9.17, 15) is 0 Å². The van der Waals surface area contributed by atoms with Gasteiger partial charge in [-0.15, -0.1) is 0 Å². The molecule has 1 saturated carbocycles. The SMILES string of the molecule is CC(C)(C)[Si](C)(C)OC1C[C@H]2C=C[C@H]2C1. The molecule has 2 aliphatic carbocycles. The summed E-state index contributed by atoms with van der Waals surface area (Å²) in [6.07, 6.45) is 7.80. The number of allylic oxidation sites excluding steroid dienone is 2. The molecule has 0 aromatic carbocycles. The molecule has 15 heavy (non-hydrogen) atoms. The van der Waals surface area contributed by atoms with E-state index in [4.69, 9.17) is 4.43 Å². The van der Waals surface area contributed by atoms with Crippen LogP contribution >= 0.6 is 0 Å². The summed E-state index contributed by atoms with van der Waals surface area (Å²) >= 11 is 0. The summed E-state index contributed by atoms with van der Waals surface area (Å²) in [5.41, 5.74) is 0. The Hall–Kier alpha value is -0.0831. The zero-order valence-corrected chi connectivity index (χ0v) is 11.7. The van der Waals surface area contributed by atoms with Crippen molar-refractivity contribution < 1.29 is 4.43 Å². The van der Waals surface area contributed by atoms with E-state index < -0.39 is 8.32 Å². The van der Waals surface area contributed by atoms with Crippen LogP contribution in [0, 0.1) is 11.8 Å². The highest BCUT2D eigenvalue weighted by molar-refractivity contribution is 6.74. The van der Waals surface area contributed by atoms with Crippen molar-refractivity contribution >= 4 is 8.32 Å². The molecule has 0 aromatic rings. The fourth-order valence-electron chi connectivity index (χ4n) is 2.33. The van der Waals surface area contributed by atoms with Gasteiger partial charge in [0.2, 0.25) is 0 Å². The molecule has 2 rings (SSSR count). The average Bonchev–Trinajstić information content (AvgIpc) is 2.28. The maximum absolute atomic E-state index is 6.44. The highest BCUT2D eigenvalue weighted by atomic mass is 28.4. The molecule has 1 nitrogen and oxygen atoms in total. The zero-order valence-electron chi connectivity index (χ0n) is 10.7. The van der Waals surface area contributed by atoms with Gasteiger partial charge in [0.15, 0.2) is 8.32 Å². The molecule has 2 aliphatic rings. The van der Waals surface area contributed by atoms with Gasteiger partial charge in [-0.05, 0) is 42.8 Å². The monoisotopic (exact) mass is 224 g/mol. The molecule has 2 heteroatoms. The van der Waals surface area contributed by atoms with Crippen molar-refractivity contribution in [3.63, 3.8) is 0 Å². The lowest BCUT2D eigenvalue weighted by atomic mass is 9.86. The van der Waals surface area contributed by atoms with Crippen LogP contribution in [0.4, 0.5) is 0 Å². The minimum Gasteiger partial charge on any atom is -0.414 e. The molecular weight excluding hydrogens is 200 g/mol. The third kappa shape index (κ3) is 2.07. The first-order chi connectivity index (χ1) is 6.79. The normalized spacial score (nSPS) is 35.1. The molecule has 1 unspecified atom stereocenters. The minimum atomic E-state index is -1.53. The van der Waals surface area contributed by atoms with E-state index in [1.165, 1.54) is 12.8 Å². The Morgan fingerprint density at radius 1 is 1.07 bits per heavy atom. The molecule has 0 N–H and O–H groups in total. The smallest absolute Gasteiger partial charge is 0.192 e. The number of rotatable bonds is 2. The van der Waals surface area contributed by atoms with Crippen LogP contribution in [0.25, 0.3) is 0 Å². The topological polar surface area (TPSA) is 9.23 Å². The van der Waals surface area contributed by atoms with Crippen molar-refractivity contribution in [2.24, 2.45) is 11.8 Å². The first-order valence-corrected chi connectivity index (χ1v) is 9.06. The summed E-state index contributed by atoms with van der Waals surface area (Å²) in [6, 6.07) is 0. The third-order valence-electron chi connectivity index (χ3n) is 4.49. The second kappa shape index (κ2) is 3.46. The second-order valence-corrected chi connectivity index (χ2v) is 11.4. The largest absolute Gasteiger partial charge is 0.414 e. The Kier molecular flexibility index (Phi) is 2.63. The van der Waals surface area contributed by atoms with Gasteiger partial charge in [0.1, 0.15) is 0 Å². The number of hydrogen-bond acceptors (Lipinski definition) is 1. The third-order valence-corrected chi connectivity index (χ3v) is 9.03. The van der Waals surface area contributed by atoms with Gasteiger partial charge in [-0.3, -0.25) is 0 Å². The Bertz CT molecular complexity index is 261. The van der Waals surface area contributed by atoms with Crippen LogP contribution in [-0.2, 0) is 4.43 Å². The predicted octanol–water partition coefficient (Wildman–Crippen LogP) is 3.97. The average molecular weight is 224 g/mol. The molecule has 0 saturated heterocycles. The Balaban J connectivity index is 1.93. The lowest BCUT2D eigenvalue weighted by Crippen LogP contribution is -2.43. The van der Waals surface area contributed by atoms with Crippen molar-refractivity contribution in [3.8, 4) is 0 Å². The van der Waals surface area contributed by atoms with Gasteiger partial charge in [0.05, 0.1) is 0 Å². The van der Waals surface area contributed by atoms with Crippen LogP contribution in [0.15, 0.2) is 12.2 Å². The zero-order chi connectivity index (χ0) is 11.3. The molecule has 1 fully saturated rings. The Morgan fingerprint density at radius 2 is 1.53 bits per heavy atom. The van der Waals surface area contributed by atoms with Crippen LogP contribution in [-0.4, -0.2) is 14.4 Å². The summed E-state index contributed by atoms with van der Waals surface area (Å²) in [6.45, 7) is 11.7. The molecule has 0 amide bonds. The number of hydrogen-bond donors (Lipinski definition) is 0. The summed E-state index contributed by atoms with van der Waals surface area (Å²) in [5, 5.41) is 0.349. The molecule has 0 bridgehead atoms. The van der Waals surface area contributed by atoms with Crippen LogP contribution in [0.2, 0.25) is 18.1 Å². The molecular formula is C13H24OSi. The fraction of sp³-hybridized carbons (Fsp3) is 0.846. The lowest BCUT2D eigenvalue weighted by Gasteiger charge is -2.38. The molecule has 0 aromatic heterocycles. The second-order valence-electron chi connectivity index (χ2n) is 6.68. The van der Waals surface area contributed by atoms with E-state index in [0.717, 1.165) is 11.8 Å². The van der Waals surface area contributed by atoms with E-state index >= 15 is 0 Å². The van der Waals surface area contributed by atoms with Gasteiger partial charge in [-0.25, -0.2) is 0 Å². The maximum Gasteiger partial charge on any atom is 0.192 e.